The van der Waals surface area contributed by atoms with E-state index in [1.165, 1.54) is 19.4 Å². The highest BCUT2D eigenvalue weighted by atomic mass is 32.1. The Balaban J connectivity index is 1.71. The van der Waals surface area contributed by atoms with Crippen LogP contribution in [0.1, 0.15) is 49.5 Å². The second-order valence-corrected chi connectivity index (χ2v) is 7.74. The highest BCUT2D eigenvalue weighted by Crippen LogP contribution is 2.22. The summed E-state index contributed by atoms with van der Waals surface area (Å²) in [6, 6.07) is 8.53. The number of carbonyl (C=O) groups is 4. The standard InChI is InChI=1S/C22H21N3O6S/c1-12-9-17(13(2)25(12)16-7-5-15(6-8-16)20(28)30-4)19(27)10-31-21(29)18-11-32-22(24-18)23-14(3)26/h5-9,11H,10H2,1-4H3,(H,23,24,26). The number of nitrogens with zero attached hydrogens (tertiary/aromatic N) is 2. The van der Waals surface area contributed by atoms with Gasteiger partial charge in [-0.3, -0.25) is 9.59 Å². The summed E-state index contributed by atoms with van der Waals surface area (Å²) in [5.74, 6) is -1.84. The minimum Gasteiger partial charge on any atom is -0.465 e. The van der Waals surface area contributed by atoms with Gasteiger partial charge in [-0.05, 0) is 44.2 Å². The highest BCUT2D eigenvalue weighted by molar-refractivity contribution is 7.14. The largest absolute Gasteiger partial charge is 0.465 e. The predicted molar refractivity (Wildman–Crippen MR) is 118 cm³/mol. The maximum Gasteiger partial charge on any atom is 0.358 e. The first kappa shape index (κ1) is 22.9. The van der Waals surface area contributed by atoms with Crippen LogP contribution in [0.5, 0.6) is 0 Å². The fourth-order valence-corrected chi connectivity index (χ4v) is 3.89. The summed E-state index contributed by atoms with van der Waals surface area (Å²) in [6.07, 6.45) is 0. The van der Waals surface area contributed by atoms with Crippen molar-refractivity contribution in [3.63, 3.8) is 0 Å². The molecule has 0 radical (unpaired) electrons. The number of hydrogen-bond donors (Lipinski definition) is 1. The van der Waals surface area contributed by atoms with Crippen molar-refractivity contribution < 1.29 is 28.7 Å². The minimum atomic E-state index is -0.751. The number of amides is 1. The van der Waals surface area contributed by atoms with Crippen LogP contribution in [0.4, 0.5) is 5.13 Å². The van der Waals surface area contributed by atoms with E-state index in [-0.39, 0.29) is 22.5 Å². The maximum absolute atomic E-state index is 12.7. The lowest BCUT2D eigenvalue weighted by molar-refractivity contribution is -0.114. The molecule has 32 heavy (non-hydrogen) atoms. The number of rotatable bonds is 7. The number of methoxy groups -OCH3 is 1. The fraction of sp³-hybridized carbons (Fsp3) is 0.227. The zero-order chi connectivity index (χ0) is 23.4. The van der Waals surface area contributed by atoms with Crippen LogP contribution in [0.3, 0.4) is 0 Å². The molecule has 0 spiro atoms. The minimum absolute atomic E-state index is 0.0164. The quantitative estimate of drug-likeness (QED) is 0.429. The molecule has 166 valence electrons. The summed E-state index contributed by atoms with van der Waals surface area (Å²) in [5, 5.41) is 4.20. The Kier molecular flexibility index (Phi) is 6.84. The van der Waals surface area contributed by atoms with Crippen LogP contribution >= 0.6 is 11.3 Å². The van der Waals surface area contributed by atoms with Crippen LogP contribution in [-0.4, -0.2) is 46.9 Å². The molecule has 3 aromatic rings. The van der Waals surface area contributed by atoms with Crippen LogP contribution in [0.2, 0.25) is 0 Å². The molecule has 1 aromatic carbocycles. The van der Waals surface area contributed by atoms with Gasteiger partial charge < -0.3 is 19.4 Å². The van der Waals surface area contributed by atoms with Crippen molar-refractivity contribution in [1.82, 2.24) is 9.55 Å². The van der Waals surface area contributed by atoms with Crippen LogP contribution < -0.4 is 5.32 Å². The first-order valence-corrected chi connectivity index (χ1v) is 10.4. The van der Waals surface area contributed by atoms with Gasteiger partial charge in [0, 0.05) is 34.9 Å². The van der Waals surface area contributed by atoms with E-state index in [2.05, 4.69) is 10.3 Å². The Labute approximate surface area is 188 Å². The zero-order valence-corrected chi connectivity index (χ0v) is 18.7. The molecule has 10 heteroatoms. The lowest BCUT2D eigenvalue weighted by Crippen LogP contribution is -2.15. The van der Waals surface area contributed by atoms with Gasteiger partial charge in [-0.15, -0.1) is 11.3 Å². The molecule has 0 fully saturated rings. The van der Waals surface area contributed by atoms with Gasteiger partial charge in [-0.25, -0.2) is 14.6 Å². The molecule has 0 atom stereocenters. The number of benzene rings is 1. The summed E-state index contributed by atoms with van der Waals surface area (Å²) < 4.78 is 11.7. The lowest BCUT2D eigenvalue weighted by Gasteiger charge is -2.10. The van der Waals surface area contributed by atoms with Crippen molar-refractivity contribution in [3.05, 3.63) is 63.9 Å². The normalized spacial score (nSPS) is 10.5. The number of nitrogens with one attached hydrogen (secondary N) is 1. The number of hydrogen-bond acceptors (Lipinski definition) is 8. The van der Waals surface area contributed by atoms with E-state index in [0.717, 1.165) is 22.7 Å². The predicted octanol–water partition coefficient (Wildman–Crippen LogP) is 3.34. The van der Waals surface area contributed by atoms with Crippen molar-refractivity contribution in [2.75, 3.05) is 19.0 Å². The van der Waals surface area contributed by atoms with Crippen LogP contribution in [-0.2, 0) is 14.3 Å². The third-order valence-electron chi connectivity index (χ3n) is 4.61. The number of aromatic nitrogens is 2. The van der Waals surface area contributed by atoms with E-state index in [0.29, 0.717) is 16.8 Å². The summed E-state index contributed by atoms with van der Waals surface area (Å²) in [6.45, 7) is 4.53. The Morgan fingerprint density at radius 3 is 2.41 bits per heavy atom. The molecule has 0 aliphatic carbocycles. The van der Waals surface area contributed by atoms with E-state index >= 15 is 0 Å². The van der Waals surface area contributed by atoms with Gasteiger partial charge in [0.25, 0.3) is 0 Å². The molecule has 0 saturated heterocycles. The smallest absolute Gasteiger partial charge is 0.358 e. The summed E-state index contributed by atoms with van der Waals surface area (Å²) >= 11 is 1.09. The molecule has 0 aliphatic heterocycles. The molecule has 2 heterocycles. The highest BCUT2D eigenvalue weighted by Gasteiger charge is 2.20. The SMILES string of the molecule is COC(=O)c1ccc(-n2c(C)cc(C(=O)COC(=O)c3csc(NC(C)=O)n3)c2C)cc1. The first-order chi connectivity index (χ1) is 15.2. The van der Waals surface area contributed by atoms with E-state index in [9.17, 15) is 19.2 Å². The van der Waals surface area contributed by atoms with Gasteiger partial charge >= 0.3 is 11.9 Å². The number of Topliss-reactive ketones (excluding diaryl/α,β-unsaturated/α-hetero) is 1. The van der Waals surface area contributed by atoms with Gasteiger partial charge in [0.1, 0.15) is 0 Å². The summed E-state index contributed by atoms with van der Waals surface area (Å²) in [7, 11) is 1.32. The number of ether oxygens (including phenoxy) is 2. The fourth-order valence-electron chi connectivity index (χ4n) is 3.17. The second kappa shape index (κ2) is 9.56. The molecular formula is C22H21N3O6S. The monoisotopic (exact) mass is 455 g/mol. The van der Waals surface area contributed by atoms with Gasteiger partial charge in [0.05, 0.1) is 12.7 Å². The van der Waals surface area contributed by atoms with Crippen LogP contribution in [0.15, 0.2) is 35.7 Å². The summed E-state index contributed by atoms with van der Waals surface area (Å²) in [5.41, 5.74) is 3.12. The van der Waals surface area contributed by atoms with Gasteiger partial charge in [-0.1, -0.05) is 0 Å². The number of carbonyl (C=O) groups excluding carboxylic acids is 4. The molecule has 1 N–H and O–H groups in total. The van der Waals surface area contributed by atoms with Crippen molar-refractivity contribution in [3.8, 4) is 5.69 Å². The van der Waals surface area contributed by atoms with Crippen molar-refractivity contribution in [2.45, 2.75) is 20.8 Å². The maximum atomic E-state index is 12.7. The molecule has 0 bridgehead atoms. The molecule has 3 rings (SSSR count). The van der Waals surface area contributed by atoms with Crippen LogP contribution in [0.25, 0.3) is 5.69 Å². The lowest BCUT2D eigenvalue weighted by atomic mass is 10.1. The Morgan fingerprint density at radius 2 is 1.78 bits per heavy atom. The van der Waals surface area contributed by atoms with E-state index in [4.69, 9.17) is 9.47 Å². The third kappa shape index (κ3) is 4.92. The number of anilines is 1. The molecule has 9 nitrogen and oxygen atoms in total. The van der Waals surface area contributed by atoms with Crippen LogP contribution in [0, 0.1) is 13.8 Å². The summed E-state index contributed by atoms with van der Waals surface area (Å²) in [4.78, 5) is 51.5. The molecule has 1 amide bonds. The molecular weight excluding hydrogens is 434 g/mol. The number of aryl methyl sites for hydroxylation is 1. The zero-order valence-electron chi connectivity index (χ0n) is 17.9. The van der Waals surface area contributed by atoms with Gasteiger partial charge in [0.2, 0.25) is 11.7 Å². The molecule has 2 aromatic heterocycles. The number of ketones is 1. The Morgan fingerprint density at radius 1 is 1.09 bits per heavy atom. The van der Waals surface area contributed by atoms with Crippen molar-refractivity contribution >= 4 is 40.1 Å². The Hall–Kier alpha value is -3.79. The second-order valence-electron chi connectivity index (χ2n) is 6.88. The topological polar surface area (TPSA) is 117 Å². The number of esters is 2. The third-order valence-corrected chi connectivity index (χ3v) is 5.37. The van der Waals surface area contributed by atoms with Gasteiger partial charge in [-0.2, -0.15) is 0 Å². The van der Waals surface area contributed by atoms with E-state index < -0.39 is 18.5 Å². The first-order valence-electron chi connectivity index (χ1n) is 9.52. The van der Waals surface area contributed by atoms with Crippen molar-refractivity contribution in [1.29, 1.82) is 0 Å². The average Bonchev–Trinajstić information content (AvgIpc) is 3.34. The number of thiazole rings is 1. The van der Waals surface area contributed by atoms with E-state index in [1.54, 1.807) is 37.3 Å². The Bertz CT molecular complexity index is 1190. The average molecular weight is 455 g/mol. The molecule has 0 aliphatic rings. The molecule has 0 saturated carbocycles. The van der Waals surface area contributed by atoms with Crippen molar-refractivity contribution in [2.24, 2.45) is 0 Å². The van der Waals surface area contributed by atoms with E-state index in [1.807, 2.05) is 11.5 Å². The molecule has 0 unspecified atom stereocenters. The van der Waals surface area contributed by atoms with Gasteiger partial charge in [0.15, 0.2) is 17.4 Å².